The summed E-state index contributed by atoms with van der Waals surface area (Å²) in [5.74, 6) is -0.537. The van der Waals surface area contributed by atoms with Gasteiger partial charge in [0.2, 0.25) is 0 Å². The van der Waals surface area contributed by atoms with Crippen molar-refractivity contribution in [3.8, 4) is 11.5 Å². The summed E-state index contributed by atoms with van der Waals surface area (Å²) in [5, 5.41) is 0.722. The van der Waals surface area contributed by atoms with Crippen LogP contribution in [0.3, 0.4) is 0 Å². The molecule has 0 bridgehead atoms. The van der Waals surface area contributed by atoms with Crippen LogP contribution in [-0.2, 0) is 11.3 Å². The molecular formula is C26H18Cl3NO5S. The van der Waals surface area contributed by atoms with Gasteiger partial charge in [0.15, 0.2) is 11.5 Å². The van der Waals surface area contributed by atoms with E-state index in [0.717, 1.165) is 16.7 Å². The number of carbonyl (C=O) groups is 3. The molecular weight excluding hydrogens is 545 g/mol. The molecule has 0 atom stereocenters. The fourth-order valence-corrected chi connectivity index (χ4v) is 4.92. The molecule has 0 radical (unpaired) electrons. The van der Waals surface area contributed by atoms with Crippen molar-refractivity contribution >= 4 is 69.8 Å². The first-order valence-electron chi connectivity index (χ1n) is 10.7. The third-order valence-corrected chi connectivity index (χ3v) is 6.93. The van der Waals surface area contributed by atoms with Crippen molar-refractivity contribution in [3.63, 3.8) is 0 Å². The second-order valence-corrected chi connectivity index (χ2v) is 9.75. The van der Waals surface area contributed by atoms with E-state index in [1.807, 2.05) is 0 Å². The van der Waals surface area contributed by atoms with Gasteiger partial charge >= 0.3 is 5.97 Å². The van der Waals surface area contributed by atoms with E-state index in [1.165, 1.54) is 6.07 Å². The molecule has 1 aliphatic heterocycles. The van der Waals surface area contributed by atoms with Gasteiger partial charge in [-0.2, -0.15) is 0 Å². The Balaban J connectivity index is 1.56. The van der Waals surface area contributed by atoms with Gasteiger partial charge in [-0.25, -0.2) is 4.79 Å². The molecule has 184 valence electrons. The molecule has 36 heavy (non-hydrogen) atoms. The zero-order valence-electron chi connectivity index (χ0n) is 18.8. The minimum Gasteiger partial charge on any atom is -0.490 e. The van der Waals surface area contributed by atoms with Crippen molar-refractivity contribution in [2.24, 2.45) is 0 Å². The zero-order chi connectivity index (χ0) is 25.8. The van der Waals surface area contributed by atoms with Crippen LogP contribution in [-0.4, -0.2) is 28.6 Å². The van der Waals surface area contributed by atoms with E-state index in [-0.39, 0.29) is 17.2 Å². The Labute approximate surface area is 226 Å². The lowest BCUT2D eigenvalue weighted by Crippen LogP contribution is -2.27. The van der Waals surface area contributed by atoms with Crippen LogP contribution in [0.4, 0.5) is 4.79 Å². The van der Waals surface area contributed by atoms with Gasteiger partial charge in [-0.15, -0.1) is 0 Å². The summed E-state index contributed by atoms with van der Waals surface area (Å²) in [5.41, 5.74) is 1.37. The van der Waals surface area contributed by atoms with Crippen LogP contribution in [0.5, 0.6) is 11.5 Å². The number of ether oxygens (including phenoxy) is 2. The molecule has 4 rings (SSSR count). The normalized spacial score (nSPS) is 14.4. The lowest BCUT2D eigenvalue weighted by molar-refractivity contribution is -0.123. The smallest absolute Gasteiger partial charge is 0.343 e. The van der Waals surface area contributed by atoms with Gasteiger partial charge < -0.3 is 9.47 Å². The average Bonchev–Trinajstić information content (AvgIpc) is 3.10. The predicted octanol–water partition coefficient (Wildman–Crippen LogP) is 7.50. The molecule has 1 heterocycles. The van der Waals surface area contributed by atoms with Gasteiger partial charge in [0, 0.05) is 20.6 Å². The summed E-state index contributed by atoms with van der Waals surface area (Å²) in [6, 6.07) is 16.2. The molecule has 3 aromatic carbocycles. The van der Waals surface area contributed by atoms with Crippen molar-refractivity contribution in [3.05, 3.63) is 97.3 Å². The Hall–Kier alpha value is -2.97. The number of carbonyl (C=O) groups excluding carboxylic acids is 3. The Morgan fingerprint density at radius 2 is 1.69 bits per heavy atom. The third-order valence-electron chi connectivity index (χ3n) is 5.08. The van der Waals surface area contributed by atoms with E-state index >= 15 is 0 Å². The monoisotopic (exact) mass is 561 g/mol. The number of imide groups is 1. The average molecular weight is 563 g/mol. The molecule has 0 spiro atoms. The van der Waals surface area contributed by atoms with Gasteiger partial charge in [-0.1, -0.05) is 53.0 Å². The second-order valence-electron chi connectivity index (χ2n) is 7.51. The maximum Gasteiger partial charge on any atom is 0.343 e. The van der Waals surface area contributed by atoms with Crippen LogP contribution in [0, 0.1) is 0 Å². The molecule has 6 nitrogen and oxygen atoms in total. The second kappa shape index (κ2) is 11.4. The number of amides is 2. The Bertz CT molecular complexity index is 1370. The van der Waals surface area contributed by atoms with Crippen molar-refractivity contribution < 1.29 is 23.9 Å². The molecule has 0 aliphatic carbocycles. The quantitative estimate of drug-likeness (QED) is 0.169. The van der Waals surface area contributed by atoms with E-state index in [9.17, 15) is 14.4 Å². The zero-order valence-corrected chi connectivity index (χ0v) is 21.9. The molecule has 10 heteroatoms. The van der Waals surface area contributed by atoms with Gasteiger partial charge in [-0.3, -0.25) is 14.5 Å². The fourth-order valence-electron chi connectivity index (χ4n) is 3.37. The van der Waals surface area contributed by atoms with Gasteiger partial charge in [0.05, 0.1) is 23.6 Å². The summed E-state index contributed by atoms with van der Waals surface area (Å²) >= 11 is 19.2. The first-order valence-corrected chi connectivity index (χ1v) is 12.6. The number of hydrogen-bond acceptors (Lipinski definition) is 6. The van der Waals surface area contributed by atoms with Crippen LogP contribution in [0.25, 0.3) is 6.08 Å². The number of thioether (sulfide) groups is 1. The number of nitrogens with zero attached hydrogens (tertiary/aromatic N) is 1. The highest BCUT2D eigenvalue weighted by atomic mass is 35.5. The molecule has 0 N–H and O–H groups in total. The lowest BCUT2D eigenvalue weighted by atomic mass is 10.1. The van der Waals surface area contributed by atoms with Gasteiger partial charge in [0.1, 0.15) is 0 Å². The molecule has 3 aromatic rings. The fraction of sp³-hybridized carbons (Fsp3) is 0.115. The molecule has 1 fully saturated rings. The van der Waals surface area contributed by atoms with Crippen LogP contribution >= 0.6 is 46.6 Å². The van der Waals surface area contributed by atoms with Crippen molar-refractivity contribution in [2.75, 3.05) is 6.61 Å². The summed E-state index contributed by atoms with van der Waals surface area (Å²) in [4.78, 5) is 39.4. The molecule has 1 saturated heterocycles. The minimum absolute atomic E-state index is 0.0386. The van der Waals surface area contributed by atoms with E-state index in [4.69, 9.17) is 44.3 Å². The molecule has 2 amide bonds. The van der Waals surface area contributed by atoms with Crippen molar-refractivity contribution in [2.45, 2.75) is 13.5 Å². The topological polar surface area (TPSA) is 72.9 Å². The first kappa shape index (κ1) is 26.1. The van der Waals surface area contributed by atoms with Gasteiger partial charge in [0.25, 0.3) is 11.1 Å². The third kappa shape index (κ3) is 5.87. The maximum atomic E-state index is 13.0. The SMILES string of the molecule is CCOc1cc(/C=C2\SC(=O)N(Cc3c(Cl)cccc3Cl)C2=O)ccc1OC(=O)c1cccc(Cl)c1. The Kier molecular flexibility index (Phi) is 8.26. The minimum atomic E-state index is -0.592. The van der Waals surface area contributed by atoms with Crippen LogP contribution in [0.15, 0.2) is 65.6 Å². The highest BCUT2D eigenvalue weighted by molar-refractivity contribution is 8.18. The Morgan fingerprint density at radius 3 is 2.39 bits per heavy atom. The van der Waals surface area contributed by atoms with Gasteiger partial charge in [-0.05, 0) is 72.8 Å². The van der Waals surface area contributed by atoms with Crippen LogP contribution in [0.2, 0.25) is 15.1 Å². The van der Waals surface area contributed by atoms with E-state index in [2.05, 4.69) is 0 Å². The summed E-state index contributed by atoms with van der Waals surface area (Å²) < 4.78 is 11.2. The molecule has 0 unspecified atom stereocenters. The van der Waals surface area contributed by atoms with E-state index < -0.39 is 17.1 Å². The van der Waals surface area contributed by atoms with E-state index in [0.29, 0.717) is 44.1 Å². The van der Waals surface area contributed by atoms with Crippen molar-refractivity contribution in [1.29, 1.82) is 0 Å². The number of halogens is 3. The maximum absolute atomic E-state index is 13.0. The summed E-state index contributed by atoms with van der Waals surface area (Å²) in [7, 11) is 0. The summed E-state index contributed by atoms with van der Waals surface area (Å²) in [6.07, 6.45) is 1.57. The number of hydrogen-bond donors (Lipinski definition) is 0. The first-order chi connectivity index (χ1) is 17.3. The highest BCUT2D eigenvalue weighted by Crippen LogP contribution is 2.37. The van der Waals surface area contributed by atoms with Crippen LogP contribution in [0.1, 0.15) is 28.4 Å². The summed E-state index contributed by atoms with van der Waals surface area (Å²) in [6.45, 7) is 2.07. The molecule has 0 saturated carbocycles. The van der Waals surface area contributed by atoms with E-state index in [1.54, 1.807) is 67.6 Å². The van der Waals surface area contributed by atoms with Crippen molar-refractivity contribution in [1.82, 2.24) is 4.90 Å². The number of rotatable bonds is 7. The number of benzene rings is 3. The lowest BCUT2D eigenvalue weighted by Gasteiger charge is -2.14. The predicted molar refractivity (Wildman–Crippen MR) is 142 cm³/mol. The standard InChI is InChI=1S/C26H18Cl3NO5S/c1-2-34-22-11-15(9-10-21(22)35-25(32)16-5-3-6-17(27)13-16)12-23-24(31)30(26(33)36-23)14-18-19(28)7-4-8-20(18)29/h3-13H,2,14H2,1H3/b23-12-. The molecule has 1 aliphatic rings. The number of esters is 1. The van der Waals surface area contributed by atoms with Crippen LogP contribution < -0.4 is 9.47 Å². The largest absolute Gasteiger partial charge is 0.490 e. The highest BCUT2D eigenvalue weighted by Gasteiger charge is 2.35. The Morgan fingerprint density at radius 1 is 0.972 bits per heavy atom. The molecule has 0 aromatic heterocycles.